The van der Waals surface area contributed by atoms with Crippen LogP contribution < -0.4 is 10.9 Å². The highest BCUT2D eigenvalue weighted by Crippen LogP contribution is 2.27. The number of aromatic nitrogens is 3. The Kier molecular flexibility index (Phi) is 6.39. The molecule has 7 nitrogen and oxygen atoms in total. The van der Waals surface area contributed by atoms with E-state index < -0.39 is 0 Å². The number of thioether (sulfide) groups is 1. The van der Waals surface area contributed by atoms with E-state index in [0.717, 1.165) is 11.3 Å². The molecule has 154 valence electrons. The van der Waals surface area contributed by atoms with E-state index >= 15 is 0 Å². The largest absolute Gasteiger partial charge is 0.272 e. The molecule has 0 unspecified atom stereocenters. The van der Waals surface area contributed by atoms with Crippen molar-refractivity contribution in [3.63, 3.8) is 0 Å². The second-order valence-corrected chi connectivity index (χ2v) is 7.44. The molecule has 0 spiro atoms. The maximum Gasteiger partial charge on any atom is 0.269 e. The van der Waals surface area contributed by atoms with Crippen LogP contribution in [0.4, 0.5) is 0 Å². The maximum absolute atomic E-state index is 12.3. The molecule has 0 radical (unpaired) electrons. The molecular weight excluding hydrogens is 410 g/mol. The van der Waals surface area contributed by atoms with Crippen LogP contribution in [0.15, 0.2) is 96.2 Å². The standard InChI is InChI=1S/C23H19N5O2S/c29-20(24-26-22(30)18-12-6-2-7-13-18)16-31-23-27-25-21(17-10-4-1-5-11-17)28(23)19-14-8-3-9-15-19/h1-15H,16H2,(H,24,29)(H,26,30). The van der Waals surface area contributed by atoms with Crippen molar-refractivity contribution in [1.29, 1.82) is 0 Å². The summed E-state index contributed by atoms with van der Waals surface area (Å²) in [7, 11) is 0. The second kappa shape index (κ2) is 9.73. The first kappa shape index (κ1) is 20.4. The van der Waals surface area contributed by atoms with E-state index in [2.05, 4.69) is 21.0 Å². The SMILES string of the molecule is O=C(CSc1nnc(-c2ccccc2)n1-c1ccccc1)NNC(=O)c1ccccc1. The Hall–Kier alpha value is -3.91. The molecule has 31 heavy (non-hydrogen) atoms. The molecular formula is C23H19N5O2S. The topological polar surface area (TPSA) is 88.9 Å². The summed E-state index contributed by atoms with van der Waals surface area (Å²) in [6.45, 7) is 0. The van der Waals surface area contributed by atoms with Gasteiger partial charge in [0, 0.05) is 16.8 Å². The number of hydrazine groups is 1. The van der Waals surface area contributed by atoms with E-state index in [1.165, 1.54) is 11.8 Å². The van der Waals surface area contributed by atoms with Crippen LogP contribution in [0.3, 0.4) is 0 Å². The quantitative estimate of drug-likeness (QED) is 0.362. The van der Waals surface area contributed by atoms with Crippen LogP contribution in [0.2, 0.25) is 0 Å². The highest BCUT2D eigenvalue weighted by molar-refractivity contribution is 7.99. The van der Waals surface area contributed by atoms with Gasteiger partial charge < -0.3 is 0 Å². The molecule has 8 heteroatoms. The van der Waals surface area contributed by atoms with Gasteiger partial charge in [-0.05, 0) is 24.3 Å². The Morgan fingerprint density at radius 3 is 2.06 bits per heavy atom. The third-order valence-corrected chi connectivity index (χ3v) is 5.29. The number of nitrogens with zero attached hydrogens (tertiary/aromatic N) is 3. The van der Waals surface area contributed by atoms with E-state index in [1.54, 1.807) is 24.3 Å². The fourth-order valence-corrected chi connectivity index (χ4v) is 3.65. The average molecular weight is 430 g/mol. The first-order chi connectivity index (χ1) is 15.2. The van der Waals surface area contributed by atoms with E-state index in [0.29, 0.717) is 16.5 Å². The van der Waals surface area contributed by atoms with Crippen LogP contribution in [0.1, 0.15) is 10.4 Å². The van der Waals surface area contributed by atoms with Crippen LogP contribution in [-0.2, 0) is 4.79 Å². The Bertz CT molecular complexity index is 1160. The fraction of sp³-hybridized carbons (Fsp3) is 0.0435. The minimum Gasteiger partial charge on any atom is -0.272 e. The maximum atomic E-state index is 12.3. The minimum atomic E-state index is -0.377. The van der Waals surface area contributed by atoms with Crippen LogP contribution >= 0.6 is 11.8 Å². The number of para-hydroxylation sites is 1. The lowest BCUT2D eigenvalue weighted by molar-refractivity contribution is -0.119. The predicted octanol–water partition coefficient (Wildman–Crippen LogP) is 3.49. The lowest BCUT2D eigenvalue weighted by Gasteiger charge is -2.10. The molecule has 1 aromatic heterocycles. The molecule has 0 atom stereocenters. The number of rotatable bonds is 6. The Morgan fingerprint density at radius 2 is 1.39 bits per heavy atom. The summed E-state index contributed by atoms with van der Waals surface area (Å²) < 4.78 is 1.91. The molecule has 0 saturated heterocycles. The van der Waals surface area contributed by atoms with Gasteiger partial charge in [0.1, 0.15) is 0 Å². The first-order valence-corrected chi connectivity index (χ1v) is 10.5. The smallest absolute Gasteiger partial charge is 0.269 e. The van der Waals surface area contributed by atoms with Gasteiger partial charge in [-0.25, -0.2) is 0 Å². The normalized spacial score (nSPS) is 10.5. The third-order valence-electron chi connectivity index (χ3n) is 4.36. The number of hydrogen-bond acceptors (Lipinski definition) is 5. The highest BCUT2D eigenvalue weighted by Gasteiger charge is 2.17. The van der Waals surface area contributed by atoms with Crippen molar-refractivity contribution in [1.82, 2.24) is 25.6 Å². The van der Waals surface area contributed by atoms with Gasteiger partial charge in [0.2, 0.25) is 5.91 Å². The van der Waals surface area contributed by atoms with Crippen LogP contribution in [0, 0.1) is 0 Å². The summed E-state index contributed by atoms with van der Waals surface area (Å²) in [6, 6.07) is 28.1. The summed E-state index contributed by atoms with van der Waals surface area (Å²) in [5.41, 5.74) is 7.13. The van der Waals surface area contributed by atoms with Crippen molar-refractivity contribution >= 4 is 23.6 Å². The number of amides is 2. The molecule has 1 heterocycles. The van der Waals surface area contributed by atoms with Gasteiger partial charge in [0.15, 0.2) is 11.0 Å². The molecule has 2 amide bonds. The van der Waals surface area contributed by atoms with Crippen molar-refractivity contribution in [3.8, 4) is 17.1 Å². The molecule has 0 saturated carbocycles. The molecule has 4 aromatic rings. The van der Waals surface area contributed by atoms with Crippen LogP contribution in [-0.4, -0.2) is 32.3 Å². The van der Waals surface area contributed by atoms with E-state index in [-0.39, 0.29) is 17.6 Å². The van der Waals surface area contributed by atoms with Gasteiger partial charge in [0.25, 0.3) is 5.91 Å². The number of hydrogen-bond donors (Lipinski definition) is 2. The zero-order valence-corrected chi connectivity index (χ0v) is 17.3. The Balaban J connectivity index is 1.47. The van der Waals surface area contributed by atoms with Crippen molar-refractivity contribution in [2.24, 2.45) is 0 Å². The minimum absolute atomic E-state index is 0.0643. The average Bonchev–Trinajstić information content (AvgIpc) is 3.27. The number of carbonyl (C=O) groups is 2. The van der Waals surface area contributed by atoms with Gasteiger partial charge in [-0.1, -0.05) is 78.5 Å². The van der Waals surface area contributed by atoms with Crippen molar-refractivity contribution < 1.29 is 9.59 Å². The molecule has 4 rings (SSSR count). The van der Waals surface area contributed by atoms with Gasteiger partial charge in [-0.15, -0.1) is 10.2 Å². The predicted molar refractivity (Wildman–Crippen MR) is 120 cm³/mol. The molecule has 0 aliphatic carbocycles. The number of nitrogens with one attached hydrogen (secondary N) is 2. The second-order valence-electron chi connectivity index (χ2n) is 6.50. The van der Waals surface area contributed by atoms with Crippen molar-refractivity contribution in [2.45, 2.75) is 5.16 Å². The Labute approximate surface area is 183 Å². The van der Waals surface area contributed by atoms with Crippen molar-refractivity contribution in [2.75, 3.05) is 5.75 Å². The van der Waals surface area contributed by atoms with E-state index in [4.69, 9.17) is 0 Å². The summed E-state index contributed by atoms with van der Waals surface area (Å²) in [4.78, 5) is 24.3. The van der Waals surface area contributed by atoms with Gasteiger partial charge in [-0.3, -0.25) is 25.0 Å². The number of benzene rings is 3. The third kappa shape index (κ3) is 4.99. The zero-order chi connectivity index (χ0) is 21.5. The van der Waals surface area contributed by atoms with Gasteiger partial charge in [-0.2, -0.15) is 0 Å². The number of carbonyl (C=O) groups excluding carboxylic acids is 2. The summed E-state index contributed by atoms with van der Waals surface area (Å²) >= 11 is 1.24. The molecule has 3 aromatic carbocycles. The lowest BCUT2D eigenvalue weighted by atomic mass is 10.2. The van der Waals surface area contributed by atoms with Gasteiger partial charge in [0.05, 0.1) is 5.75 Å². The first-order valence-electron chi connectivity index (χ1n) is 9.55. The Morgan fingerprint density at radius 1 is 0.774 bits per heavy atom. The monoisotopic (exact) mass is 429 g/mol. The highest BCUT2D eigenvalue weighted by atomic mass is 32.2. The molecule has 2 N–H and O–H groups in total. The van der Waals surface area contributed by atoms with Crippen LogP contribution in [0.5, 0.6) is 0 Å². The molecule has 0 aliphatic rings. The summed E-state index contributed by atoms with van der Waals surface area (Å²) in [5.74, 6) is 0.0254. The summed E-state index contributed by atoms with van der Waals surface area (Å²) in [5, 5.41) is 9.22. The van der Waals surface area contributed by atoms with Gasteiger partial charge >= 0.3 is 0 Å². The van der Waals surface area contributed by atoms with E-state index in [1.807, 2.05) is 71.3 Å². The molecule has 0 aliphatic heterocycles. The fourth-order valence-electron chi connectivity index (χ4n) is 2.90. The molecule has 0 fully saturated rings. The van der Waals surface area contributed by atoms with Crippen molar-refractivity contribution in [3.05, 3.63) is 96.6 Å². The summed E-state index contributed by atoms with van der Waals surface area (Å²) in [6.07, 6.45) is 0. The molecule has 0 bridgehead atoms. The van der Waals surface area contributed by atoms with Crippen LogP contribution in [0.25, 0.3) is 17.1 Å². The zero-order valence-electron chi connectivity index (χ0n) is 16.4. The van der Waals surface area contributed by atoms with E-state index in [9.17, 15) is 9.59 Å². The lowest BCUT2D eigenvalue weighted by Crippen LogP contribution is -2.42.